The van der Waals surface area contributed by atoms with E-state index in [1.807, 2.05) is 12.1 Å². The number of methoxy groups -OCH3 is 1. The lowest BCUT2D eigenvalue weighted by Gasteiger charge is -2.12. The summed E-state index contributed by atoms with van der Waals surface area (Å²) >= 11 is 5.64. The van der Waals surface area contributed by atoms with Gasteiger partial charge in [-0.3, -0.25) is 0 Å². The fourth-order valence-electron chi connectivity index (χ4n) is 2.42. The zero-order valence-electron chi connectivity index (χ0n) is 11.2. The van der Waals surface area contributed by atoms with E-state index in [1.54, 1.807) is 18.4 Å². The maximum absolute atomic E-state index is 5.43. The van der Waals surface area contributed by atoms with E-state index in [2.05, 4.69) is 57.7 Å². The molecule has 0 N–H and O–H groups in total. The average Bonchev–Trinajstić information content (AvgIpc) is 2.92. The number of benzene rings is 2. The average molecular weight is 347 g/mol. The standard InChI is InChI=1S/C17H15BrOS/c1-19-16-8-4-2-6-12(16)10-15(18)14-11-20-17-9-5-3-7-13(14)17/h2-9,11,15H,10H2,1H3. The fourth-order valence-corrected chi connectivity index (χ4v) is 4.33. The monoisotopic (exact) mass is 346 g/mol. The van der Waals surface area contributed by atoms with Crippen molar-refractivity contribution in [1.29, 1.82) is 0 Å². The fraction of sp³-hybridized carbons (Fsp3) is 0.176. The van der Waals surface area contributed by atoms with Crippen LogP contribution in [-0.4, -0.2) is 7.11 Å². The van der Waals surface area contributed by atoms with Crippen molar-refractivity contribution in [2.24, 2.45) is 0 Å². The molecule has 1 aromatic heterocycles. The van der Waals surface area contributed by atoms with Gasteiger partial charge < -0.3 is 4.74 Å². The lowest BCUT2D eigenvalue weighted by Crippen LogP contribution is -1.97. The van der Waals surface area contributed by atoms with E-state index in [-0.39, 0.29) is 0 Å². The third-order valence-electron chi connectivity index (χ3n) is 3.44. The summed E-state index contributed by atoms with van der Waals surface area (Å²) in [6, 6.07) is 16.8. The Bertz CT molecular complexity index is 720. The van der Waals surface area contributed by atoms with Crippen molar-refractivity contribution in [3.63, 3.8) is 0 Å². The molecule has 3 aromatic rings. The van der Waals surface area contributed by atoms with Crippen LogP contribution in [0, 0.1) is 0 Å². The van der Waals surface area contributed by atoms with Gasteiger partial charge in [-0.2, -0.15) is 0 Å². The molecule has 3 rings (SSSR count). The first-order valence-corrected chi connectivity index (χ1v) is 8.31. The summed E-state index contributed by atoms with van der Waals surface area (Å²) in [6.07, 6.45) is 0.921. The summed E-state index contributed by atoms with van der Waals surface area (Å²) in [5.41, 5.74) is 2.59. The van der Waals surface area contributed by atoms with Crippen LogP contribution < -0.4 is 4.74 Å². The molecule has 1 atom stereocenters. The highest BCUT2D eigenvalue weighted by atomic mass is 79.9. The second-order valence-electron chi connectivity index (χ2n) is 4.67. The third kappa shape index (κ3) is 2.60. The topological polar surface area (TPSA) is 9.23 Å². The van der Waals surface area contributed by atoms with Crippen molar-refractivity contribution < 1.29 is 4.74 Å². The zero-order valence-corrected chi connectivity index (χ0v) is 13.6. The van der Waals surface area contributed by atoms with Gasteiger partial charge in [0.05, 0.1) is 7.11 Å². The van der Waals surface area contributed by atoms with Gasteiger partial charge in [0.2, 0.25) is 0 Å². The SMILES string of the molecule is COc1ccccc1CC(Br)c1csc2ccccc12. The third-order valence-corrected chi connectivity index (χ3v) is 5.24. The summed E-state index contributed by atoms with van der Waals surface area (Å²) in [4.78, 5) is 0.301. The Morgan fingerprint density at radius 1 is 1.10 bits per heavy atom. The number of fused-ring (bicyclic) bond motifs is 1. The van der Waals surface area contributed by atoms with Crippen molar-refractivity contribution in [3.8, 4) is 5.75 Å². The van der Waals surface area contributed by atoms with Gasteiger partial charge in [-0.1, -0.05) is 52.3 Å². The first kappa shape index (κ1) is 13.7. The molecule has 0 aliphatic heterocycles. The minimum Gasteiger partial charge on any atom is -0.496 e. The van der Waals surface area contributed by atoms with Gasteiger partial charge in [0.15, 0.2) is 0 Å². The smallest absolute Gasteiger partial charge is 0.122 e. The van der Waals surface area contributed by atoms with E-state index in [1.165, 1.54) is 21.2 Å². The van der Waals surface area contributed by atoms with E-state index in [4.69, 9.17) is 4.74 Å². The minimum atomic E-state index is 0.301. The summed E-state index contributed by atoms with van der Waals surface area (Å²) < 4.78 is 6.77. The molecule has 1 nitrogen and oxygen atoms in total. The molecule has 0 radical (unpaired) electrons. The summed E-state index contributed by atoms with van der Waals surface area (Å²) in [5, 5.41) is 3.59. The van der Waals surface area contributed by atoms with E-state index in [0.717, 1.165) is 12.2 Å². The number of halogens is 1. The number of rotatable bonds is 4. The molecule has 0 aliphatic rings. The Morgan fingerprint density at radius 3 is 2.70 bits per heavy atom. The van der Waals surface area contributed by atoms with Crippen molar-refractivity contribution in [2.45, 2.75) is 11.2 Å². The molecule has 20 heavy (non-hydrogen) atoms. The van der Waals surface area contributed by atoms with Crippen molar-refractivity contribution in [1.82, 2.24) is 0 Å². The van der Waals surface area contributed by atoms with Crippen molar-refractivity contribution >= 4 is 37.4 Å². The van der Waals surface area contributed by atoms with Crippen molar-refractivity contribution in [3.05, 3.63) is 65.0 Å². The van der Waals surface area contributed by atoms with Gasteiger partial charge in [-0.05, 0) is 40.4 Å². The second kappa shape index (κ2) is 5.98. The Morgan fingerprint density at radius 2 is 1.85 bits per heavy atom. The van der Waals surface area contributed by atoms with Crippen LogP contribution in [0.1, 0.15) is 16.0 Å². The molecule has 0 aliphatic carbocycles. The van der Waals surface area contributed by atoms with Crippen LogP contribution >= 0.6 is 27.3 Å². The molecular weight excluding hydrogens is 332 g/mol. The molecule has 2 aromatic carbocycles. The van der Waals surface area contributed by atoms with Gasteiger partial charge in [-0.15, -0.1) is 11.3 Å². The molecular formula is C17H15BrOS. The Hall–Kier alpha value is -1.32. The first-order chi connectivity index (χ1) is 9.79. The maximum atomic E-state index is 5.43. The summed E-state index contributed by atoms with van der Waals surface area (Å²) in [6.45, 7) is 0. The largest absolute Gasteiger partial charge is 0.496 e. The van der Waals surface area contributed by atoms with Crippen LogP contribution in [0.25, 0.3) is 10.1 Å². The molecule has 1 heterocycles. The normalized spacial score (nSPS) is 12.5. The highest BCUT2D eigenvalue weighted by molar-refractivity contribution is 9.09. The molecule has 0 spiro atoms. The predicted octanol–water partition coefficient (Wildman–Crippen LogP) is 5.59. The minimum absolute atomic E-state index is 0.301. The van der Waals surface area contributed by atoms with Gasteiger partial charge in [0, 0.05) is 9.53 Å². The molecule has 1 unspecified atom stereocenters. The second-order valence-corrected chi connectivity index (χ2v) is 6.69. The van der Waals surface area contributed by atoms with Gasteiger partial charge in [0.25, 0.3) is 0 Å². The van der Waals surface area contributed by atoms with Crippen LogP contribution in [0.5, 0.6) is 5.75 Å². The molecule has 3 heteroatoms. The quantitative estimate of drug-likeness (QED) is 0.559. The molecule has 0 amide bonds. The summed E-state index contributed by atoms with van der Waals surface area (Å²) in [7, 11) is 1.72. The number of ether oxygens (including phenoxy) is 1. The zero-order chi connectivity index (χ0) is 13.9. The van der Waals surface area contributed by atoms with Crippen LogP contribution in [-0.2, 0) is 6.42 Å². The van der Waals surface area contributed by atoms with Crippen molar-refractivity contribution in [2.75, 3.05) is 7.11 Å². The maximum Gasteiger partial charge on any atom is 0.122 e. The van der Waals surface area contributed by atoms with Gasteiger partial charge in [-0.25, -0.2) is 0 Å². The highest BCUT2D eigenvalue weighted by Gasteiger charge is 2.15. The van der Waals surface area contributed by atoms with E-state index < -0.39 is 0 Å². The highest BCUT2D eigenvalue weighted by Crippen LogP contribution is 2.37. The Balaban J connectivity index is 1.91. The number of para-hydroxylation sites is 1. The molecule has 0 saturated heterocycles. The number of hydrogen-bond donors (Lipinski definition) is 0. The predicted molar refractivity (Wildman–Crippen MR) is 90.2 cm³/mol. The van der Waals surface area contributed by atoms with Crippen LogP contribution in [0.4, 0.5) is 0 Å². The first-order valence-electron chi connectivity index (χ1n) is 6.51. The van der Waals surface area contributed by atoms with E-state index in [0.29, 0.717) is 4.83 Å². The molecule has 0 bridgehead atoms. The lowest BCUT2D eigenvalue weighted by atomic mass is 10.0. The molecule has 0 fully saturated rings. The van der Waals surface area contributed by atoms with E-state index in [9.17, 15) is 0 Å². The van der Waals surface area contributed by atoms with E-state index >= 15 is 0 Å². The van der Waals surface area contributed by atoms with Crippen LogP contribution in [0.15, 0.2) is 53.9 Å². The van der Waals surface area contributed by atoms with Gasteiger partial charge >= 0.3 is 0 Å². The molecule has 102 valence electrons. The number of thiophene rings is 1. The Kier molecular flexibility index (Phi) is 4.08. The Labute approximate surface area is 131 Å². The van der Waals surface area contributed by atoms with Gasteiger partial charge in [0.1, 0.15) is 5.75 Å². The van der Waals surface area contributed by atoms with Crippen LogP contribution in [0.3, 0.4) is 0 Å². The number of hydrogen-bond acceptors (Lipinski definition) is 2. The molecule has 0 saturated carbocycles. The van der Waals surface area contributed by atoms with Crippen LogP contribution in [0.2, 0.25) is 0 Å². The summed E-state index contributed by atoms with van der Waals surface area (Å²) in [5.74, 6) is 0.955. The lowest BCUT2D eigenvalue weighted by molar-refractivity contribution is 0.409. The number of alkyl halides is 1.